The highest BCUT2D eigenvalue weighted by Crippen LogP contribution is 2.09. The van der Waals surface area contributed by atoms with Gasteiger partial charge in [-0.15, -0.1) is 0 Å². The summed E-state index contributed by atoms with van der Waals surface area (Å²) >= 11 is 0. The van der Waals surface area contributed by atoms with E-state index in [0.717, 1.165) is 38.9 Å². The first kappa shape index (κ1) is 9.52. The second-order valence-corrected chi connectivity index (χ2v) is 3.33. The lowest BCUT2D eigenvalue weighted by molar-refractivity contribution is -0.125. The van der Waals surface area contributed by atoms with Gasteiger partial charge in [0.05, 0.1) is 5.92 Å². The van der Waals surface area contributed by atoms with Crippen LogP contribution in [-0.4, -0.2) is 25.5 Å². The predicted molar refractivity (Wildman–Crippen MR) is 48.9 cm³/mol. The van der Waals surface area contributed by atoms with Gasteiger partial charge < -0.3 is 10.6 Å². The standard InChI is InChI=1S/C9H18N2O/c1-2-5-11-9(12)8-4-3-6-10-7-8/h8,10H,2-7H2,1H3,(H,11,12)/t8-/m1/s1. The molecule has 0 bridgehead atoms. The third kappa shape index (κ3) is 2.81. The van der Waals surface area contributed by atoms with Gasteiger partial charge in [-0.3, -0.25) is 4.79 Å². The summed E-state index contributed by atoms with van der Waals surface area (Å²) in [5.74, 6) is 0.439. The second-order valence-electron chi connectivity index (χ2n) is 3.33. The summed E-state index contributed by atoms with van der Waals surface area (Å²) < 4.78 is 0. The van der Waals surface area contributed by atoms with Crippen LogP contribution in [0.25, 0.3) is 0 Å². The monoisotopic (exact) mass is 170 g/mol. The SMILES string of the molecule is CCCNC(=O)[C@@H]1CCCNC1. The Bertz CT molecular complexity index is 141. The summed E-state index contributed by atoms with van der Waals surface area (Å²) in [5.41, 5.74) is 0. The molecule has 1 heterocycles. The van der Waals surface area contributed by atoms with Crippen LogP contribution in [0, 0.1) is 5.92 Å². The van der Waals surface area contributed by atoms with E-state index in [-0.39, 0.29) is 11.8 Å². The number of hydrogen-bond acceptors (Lipinski definition) is 2. The summed E-state index contributed by atoms with van der Waals surface area (Å²) in [6, 6.07) is 0. The van der Waals surface area contributed by atoms with Crippen LogP contribution in [0.15, 0.2) is 0 Å². The molecule has 0 aliphatic carbocycles. The Labute approximate surface area is 73.9 Å². The van der Waals surface area contributed by atoms with Gasteiger partial charge in [0.2, 0.25) is 5.91 Å². The van der Waals surface area contributed by atoms with Crippen LogP contribution >= 0.6 is 0 Å². The molecule has 0 aromatic rings. The van der Waals surface area contributed by atoms with Gasteiger partial charge in [0, 0.05) is 13.1 Å². The van der Waals surface area contributed by atoms with Crippen molar-refractivity contribution in [3.8, 4) is 0 Å². The summed E-state index contributed by atoms with van der Waals surface area (Å²) in [4.78, 5) is 11.4. The Hall–Kier alpha value is -0.570. The molecular formula is C9H18N2O. The number of hydrogen-bond donors (Lipinski definition) is 2. The van der Waals surface area contributed by atoms with Crippen LogP contribution in [0.4, 0.5) is 0 Å². The van der Waals surface area contributed by atoms with Crippen LogP contribution in [0.5, 0.6) is 0 Å². The largest absolute Gasteiger partial charge is 0.356 e. The summed E-state index contributed by atoms with van der Waals surface area (Å²) in [6.45, 7) is 4.81. The van der Waals surface area contributed by atoms with Crippen molar-refractivity contribution >= 4 is 5.91 Å². The van der Waals surface area contributed by atoms with Gasteiger partial charge >= 0.3 is 0 Å². The molecule has 1 atom stereocenters. The Kier molecular flexibility index (Phi) is 4.08. The molecule has 0 radical (unpaired) electrons. The van der Waals surface area contributed by atoms with Crippen molar-refractivity contribution in [3.05, 3.63) is 0 Å². The van der Waals surface area contributed by atoms with Gasteiger partial charge in [0.15, 0.2) is 0 Å². The number of carbonyl (C=O) groups is 1. The highest BCUT2D eigenvalue weighted by molar-refractivity contribution is 5.78. The molecule has 2 N–H and O–H groups in total. The third-order valence-corrected chi connectivity index (χ3v) is 2.22. The maximum absolute atomic E-state index is 11.4. The van der Waals surface area contributed by atoms with E-state index < -0.39 is 0 Å². The zero-order valence-electron chi connectivity index (χ0n) is 7.73. The van der Waals surface area contributed by atoms with Crippen LogP contribution < -0.4 is 10.6 Å². The summed E-state index contributed by atoms with van der Waals surface area (Å²) in [6.07, 6.45) is 3.19. The lowest BCUT2D eigenvalue weighted by Crippen LogP contribution is -2.40. The van der Waals surface area contributed by atoms with Crippen molar-refractivity contribution in [2.75, 3.05) is 19.6 Å². The quantitative estimate of drug-likeness (QED) is 0.648. The normalized spacial score (nSPS) is 23.6. The Morgan fingerprint density at radius 1 is 1.67 bits per heavy atom. The van der Waals surface area contributed by atoms with Crippen LogP contribution in [0.3, 0.4) is 0 Å². The van der Waals surface area contributed by atoms with Gasteiger partial charge in [0.1, 0.15) is 0 Å². The molecule has 0 unspecified atom stereocenters. The van der Waals surface area contributed by atoms with E-state index >= 15 is 0 Å². The zero-order chi connectivity index (χ0) is 8.81. The molecule has 1 fully saturated rings. The molecule has 3 heteroatoms. The third-order valence-electron chi connectivity index (χ3n) is 2.22. The number of piperidine rings is 1. The van der Waals surface area contributed by atoms with E-state index in [1.54, 1.807) is 0 Å². The fraction of sp³-hybridized carbons (Fsp3) is 0.889. The maximum atomic E-state index is 11.4. The van der Waals surface area contributed by atoms with Crippen LogP contribution in [-0.2, 0) is 4.79 Å². The zero-order valence-corrected chi connectivity index (χ0v) is 7.73. The molecule has 0 aromatic heterocycles. The average Bonchev–Trinajstić information content (AvgIpc) is 2.15. The molecule has 1 aliphatic heterocycles. The minimum absolute atomic E-state index is 0.213. The van der Waals surface area contributed by atoms with Crippen LogP contribution in [0.2, 0.25) is 0 Å². The molecular weight excluding hydrogens is 152 g/mol. The van der Waals surface area contributed by atoms with Gasteiger partial charge in [0.25, 0.3) is 0 Å². The molecule has 12 heavy (non-hydrogen) atoms. The first-order chi connectivity index (χ1) is 5.84. The smallest absolute Gasteiger partial charge is 0.224 e. The minimum atomic E-state index is 0.213. The van der Waals surface area contributed by atoms with Crippen molar-refractivity contribution in [1.82, 2.24) is 10.6 Å². The lowest BCUT2D eigenvalue weighted by atomic mass is 9.99. The molecule has 1 saturated heterocycles. The highest BCUT2D eigenvalue weighted by Gasteiger charge is 2.19. The second kappa shape index (κ2) is 5.14. The molecule has 1 aliphatic rings. The number of carbonyl (C=O) groups excluding carboxylic acids is 1. The number of rotatable bonds is 3. The van der Waals surface area contributed by atoms with E-state index in [9.17, 15) is 4.79 Å². The van der Waals surface area contributed by atoms with Gasteiger partial charge in [-0.2, -0.15) is 0 Å². The van der Waals surface area contributed by atoms with Gasteiger partial charge in [-0.25, -0.2) is 0 Å². The summed E-state index contributed by atoms with van der Waals surface area (Å²) in [7, 11) is 0. The Morgan fingerprint density at radius 2 is 2.50 bits per heavy atom. The van der Waals surface area contributed by atoms with Gasteiger partial charge in [-0.05, 0) is 25.8 Å². The minimum Gasteiger partial charge on any atom is -0.356 e. The number of nitrogens with one attached hydrogen (secondary N) is 2. The van der Waals surface area contributed by atoms with E-state index in [2.05, 4.69) is 17.6 Å². The molecule has 70 valence electrons. The van der Waals surface area contributed by atoms with Crippen molar-refractivity contribution in [3.63, 3.8) is 0 Å². The molecule has 0 saturated carbocycles. The fourth-order valence-corrected chi connectivity index (χ4v) is 1.47. The molecule has 3 nitrogen and oxygen atoms in total. The summed E-state index contributed by atoms with van der Waals surface area (Å²) in [5, 5.41) is 6.15. The molecule has 0 aromatic carbocycles. The maximum Gasteiger partial charge on any atom is 0.224 e. The van der Waals surface area contributed by atoms with Crippen LogP contribution in [0.1, 0.15) is 26.2 Å². The van der Waals surface area contributed by atoms with Crippen molar-refractivity contribution in [2.45, 2.75) is 26.2 Å². The van der Waals surface area contributed by atoms with Crippen molar-refractivity contribution in [2.24, 2.45) is 5.92 Å². The van der Waals surface area contributed by atoms with E-state index in [4.69, 9.17) is 0 Å². The first-order valence-electron chi connectivity index (χ1n) is 4.83. The van der Waals surface area contributed by atoms with Crippen molar-refractivity contribution in [1.29, 1.82) is 0 Å². The predicted octanol–water partition coefficient (Wildman–Crippen LogP) is 0.512. The Morgan fingerprint density at radius 3 is 3.08 bits per heavy atom. The van der Waals surface area contributed by atoms with Gasteiger partial charge in [-0.1, -0.05) is 6.92 Å². The lowest BCUT2D eigenvalue weighted by Gasteiger charge is -2.21. The molecule has 0 spiro atoms. The van der Waals surface area contributed by atoms with Crippen molar-refractivity contribution < 1.29 is 4.79 Å². The topological polar surface area (TPSA) is 41.1 Å². The number of amides is 1. The first-order valence-corrected chi connectivity index (χ1v) is 4.83. The van der Waals surface area contributed by atoms with E-state index in [0.29, 0.717) is 0 Å². The Balaban J connectivity index is 2.20. The molecule has 1 rings (SSSR count). The molecule has 1 amide bonds. The fourth-order valence-electron chi connectivity index (χ4n) is 1.47. The van der Waals surface area contributed by atoms with E-state index in [1.807, 2.05) is 0 Å². The average molecular weight is 170 g/mol. The highest BCUT2D eigenvalue weighted by atomic mass is 16.1. The van der Waals surface area contributed by atoms with E-state index in [1.165, 1.54) is 0 Å².